The van der Waals surface area contributed by atoms with Gasteiger partial charge in [0.15, 0.2) is 5.82 Å². The first-order valence-corrected chi connectivity index (χ1v) is 8.26. The summed E-state index contributed by atoms with van der Waals surface area (Å²) in [6.07, 6.45) is 5.90. The smallest absolute Gasteiger partial charge is 0.234 e. The van der Waals surface area contributed by atoms with E-state index in [0.717, 1.165) is 25.3 Å². The van der Waals surface area contributed by atoms with E-state index < -0.39 is 0 Å². The van der Waals surface area contributed by atoms with Crippen LogP contribution in [0.4, 0.5) is 11.5 Å². The summed E-state index contributed by atoms with van der Waals surface area (Å²) >= 11 is 0. The van der Waals surface area contributed by atoms with Gasteiger partial charge < -0.3 is 15.0 Å². The van der Waals surface area contributed by atoms with Gasteiger partial charge in [-0.15, -0.1) is 0 Å². The number of nitrogens with zero attached hydrogens (tertiary/aromatic N) is 3. The molecule has 1 fully saturated rings. The number of nitrogens with one attached hydrogen (secondary N) is 1. The maximum atomic E-state index is 5.65. The fourth-order valence-electron chi connectivity index (χ4n) is 2.86. The Morgan fingerprint density at radius 2 is 2.04 bits per heavy atom. The van der Waals surface area contributed by atoms with E-state index in [9.17, 15) is 0 Å². The zero-order valence-corrected chi connectivity index (χ0v) is 13.8. The maximum absolute atomic E-state index is 5.65. The van der Waals surface area contributed by atoms with E-state index in [4.69, 9.17) is 4.74 Å². The first kappa shape index (κ1) is 15.6. The second kappa shape index (κ2) is 7.31. The van der Waals surface area contributed by atoms with E-state index in [-0.39, 0.29) is 6.10 Å². The van der Waals surface area contributed by atoms with Gasteiger partial charge in [0, 0.05) is 24.8 Å². The minimum Gasteiger partial charge on any atom is -0.474 e. The molecule has 1 aliphatic rings. The Labute approximate surface area is 137 Å². The van der Waals surface area contributed by atoms with Gasteiger partial charge in [0.05, 0.1) is 18.5 Å². The molecule has 5 nitrogen and oxygen atoms in total. The van der Waals surface area contributed by atoms with Crippen molar-refractivity contribution in [1.29, 1.82) is 0 Å². The molecule has 0 spiro atoms. The lowest BCUT2D eigenvalue weighted by molar-refractivity contribution is 0.231. The van der Waals surface area contributed by atoms with E-state index in [1.54, 1.807) is 6.20 Å². The SMILES string of the molecule is CC(C)Oc1cncc(N2CCCC(Nc3ccccc3)C2)n1. The number of anilines is 2. The molecule has 0 radical (unpaired) electrons. The molecule has 1 unspecified atom stereocenters. The van der Waals surface area contributed by atoms with Crippen molar-refractivity contribution in [3.8, 4) is 5.88 Å². The van der Waals surface area contributed by atoms with Crippen molar-refractivity contribution in [3.63, 3.8) is 0 Å². The van der Waals surface area contributed by atoms with Gasteiger partial charge in [-0.1, -0.05) is 18.2 Å². The van der Waals surface area contributed by atoms with Crippen molar-refractivity contribution in [3.05, 3.63) is 42.7 Å². The van der Waals surface area contributed by atoms with Gasteiger partial charge in [-0.2, -0.15) is 4.98 Å². The van der Waals surface area contributed by atoms with Crippen LogP contribution in [0.1, 0.15) is 26.7 Å². The molecule has 0 amide bonds. The summed E-state index contributed by atoms with van der Waals surface area (Å²) in [6.45, 7) is 5.92. The standard InChI is InChI=1S/C18H24N4O/c1-14(2)23-18-12-19-11-17(21-18)22-10-6-9-16(13-22)20-15-7-4-3-5-8-15/h3-5,7-8,11-12,14,16,20H,6,9-10,13H2,1-2H3. The second-order valence-corrected chi connectivity index (χ2v) is 6.18. The molecule has 0 bridgehead atoms. The van der Waals surface area contributed by atoms with Crippen molar-refractivity contribution in [1.82, 2.24) is 9.97 Å². The summed E-state index contributed by atoms with van der Waals surface area (Å²) in [5.74, 6) is 1.48. The Bertz CT molecular complexity index is 617. The molecule has 1 saturated heterocycles. The number of ether oxygens (including phenoxy) is 1. The Hall–Kier alpha value is -2.30. The summed E-state index contributed by atoms with van der Waals surface area (Å²) in [6, 6.07) is 10.8. The van der Waals surface area contributed by atoms with Crippen LogP contribution in [-0.4, -0.2) is 35.2 Å². The summed E-state index contributed by atoms with van der Waals surface area (Å²) < 4.78 is 5.65. The highest BCUT2D eigenvalue weighted by Crippen LogP contribution is 2.21. The first-order valence-electron chi connectivity index (χ1n) is 8.26. The Kier molecular flexibility index (Phi) is 4.95. The summed E-state index contributed by atoms with van der Waals surface area (Å²) in [5, 5.41) is 3.61. The Morgan fingerprint density at radius 3 is 2.83 bits per heavy atom. The monoisotopic (exact) mass is 312 g/mol. The van der Waals surface area contributed by atoms with Crippen molar-refractivity contribution in [2.45, 2.75) is 38.8 Å². The zero-order valence-electron chi connectivity index (χ0n) is 13.8. The van der Waals surface area contributed by atoms with Gasteiger partial charge in [0.1, 0.15) is 0 Å². The van der Waals surface area contributed by atoms with E-state index in [2.05, 4.69) is 44.5 Å². The van der Waals surface area contributed by atoms with Gasteiger partial charge in [0.25, 0.3) is 0 Å². The summed E-state index contributed by atoms with van der Waals surface area (Å²) in [5.41, 5.74) is 1.17. The largest absolute Gasteiger partial charge is 0.474 e. The van der Waals surface area contributed by atoms with Crippen LogP contribution in [0.2, 0.25) is 0 Å². The molecule has 1 aromatic carbocycles. The Morgan fingerprint density at radius 1 is 1.22 bits per heavy atom. The normalized spacial score (nSPS) is 18.0. The van der Waals surface area contributed by atoms with Gasteiger partial charge in [-0.05, 0) is 38.8 Å². The van der Waals surface area contributed by atoms with Crippen LogP contribution < -0.4 is 15.0 Å². The molecule has 23 heavy (non-hydrogen) atoms. The number of para-hydroxylation sites is 1. The third-order valence-corrected chi connectivity index (χ3v) is 3.85. The molecule has 1 atom stereocenters. The number of piperidine rings is 1. The molecule has 2 aromatic rings. The van der Waals surface area contributed by atoms with Crippen LogP contribution in [0.15, 0.2) is 42.7 Å². The van der Waals surface area contributed by atoms with Gasteiger partial charge in [-0.3, -0.25) is 4.98 Å². The minimum absolute atomic E-state index is 0.105. The van der Waals surface area contributed by atoms with Gasteiger partial charge >= 0.3 is 0 Å². The molecule has 1 aromatic heterocycles. The van der Waals surface area contributed by atoms with Crippen LogP contribution >= 0.6 is 0 Å². The predicted molar refractivity (Wildman–Crippen MR) is 93.1 cm³/mol. The van der Waals surface area contributed by atoms with E-state index in [0.29, 0.717) is 11.9 Å². The summed E-state index contributed by atoms with van der Waals surface area (Å²) in [7, 11) is 0. The average Bonchev–Trinajstić information content (AvgIpc) is 2.56. The molecular weight excluding hydrogens is 288 g/mol. The number of aromatic nitrogens is 2. The van der Waals surface area contributed by atoms with Crippen molar-refractivity contribution >= 4 is 11.5 Å². The van der Waals surface area contributed by atoms with Crippen LogP contribution in [-0.2, 0) is 0 Å². The maximum Gasteiger partial charge on any atom is 0.234 e. The lowest BCUT2D eigenvalue weighted by atomic mass is 10.1. The number of hydrogen-bond donors (Lipinski definition) is 1. The molecule has 2 heterocycles. The fraction of sp³-hybridized carbons (Fsp3) is 0.444. The predicted octanol–water partition coefficient (Wildman–Crippen LogP) is 3.34. The van der Waals surface area contributed by atoms with Crippen LogP contribution in [0.5, 0.6) is 5.88 Å². The minimum atomic E-state index is 0.105. The van der Waals surface area contributed by atoms with Crippen molar-refractivity contribution < 1.29 is 4.74 Å². The molecule has 0 saturated carbocycles. The number of rotatable bonds is 5. The molecule has 122 valence electrons. The topological polar surface area (TPSA) is 50.3 Å². The van der Waals surface area contributed by atoms with E-state index in [1.165, 1.54) is 12.1 Å². The lowest BCUT2D eigenvalue weighted by Gasteiger charge is -2.34. The molecule has 1 N–H and O–H groups in total. The molecular formula is C18H24N4O. The van der Waals surface area contributed by atoms with Crippen LogP contribution in [0.3, 0.4) is 0 Å². The fourth-order valence-corrected chi connectivity index (χ4v) is 2.86. The lowest BCUT2D eigenvalue weighted by Crippen LogP contribution is -2.42. The third kappa shape index (κ3) is 4.34. The number of benzene rings is 1. The highest BCUT2D eigenvalue weighted by atomic mass is 16.5. The van der Waals surface area contributed by atoms with Crippen LogP contribution in [0.25, 0.3) is 0 Å². The van der Waals surface area contributed by atoms with Gasteiger partial charge in [-0.25, -0.2) is 0 Å². The quantitative estimate of drug-likeness (QED) is 0.917. The molecule has 0 aliphatic carbocycles. The number of hydrogen-bond acceptors (Lipinski definition) is 5. The second-order valence-electron chi connectivity index (χ2n) is 6.18. The van der Waals surface area contributed by atoms with Crippen molar-refractivity contribution in [2.75, 3.05) is 23.3 Å². The van der Waals surface area contributed by atoms with E-state index in [1.807, 2.05) is 26.1 Å². The average molecular weight is 312 g/mol. The van der Waals surface area contributed by atoms with Gasteiger partial charge in [0.2, 0.25) is 5.88 Å². The third-order valence-electron chi connectivity index (χ3n) is 3.85. The van der Waals surface area contributed by atoms with E-state index >= 15 is 0 Å². The molecule has 5 heteroatoms. The highest BCUT2D eigenvalue weighted by Gasteiger charge is 2.21. The molecule has 3 rings (SSSR count). The molecule has 1 aliphatic heterocycles. The first-order chi connectivity index (χ1) is 11.2. The summed E-state index contributed by atoms with van der Waals surface area (Å²) in [4.78, 5) is 11.1. The van der Waals surface area contributed by atoms with Crippen LogP contribution in [0, 0.1) is 0 Å². The highest BCUT2D eigenvalue weighted by molar-refractivity contribution is 5.45. The Balaban J connectivity index is 1.66. The van der Waals surface area contributed by atoms with Crippen molar-refractivity contribution in [2.24, 2.45) is 0 Å². The zero-order chi connectivity index (χ0) is 16.1.